The van der Waals surface area contributed by atoms with E-state index in [1.165, 1.54) is 4.31 Å². The summed E-state index contributed by atoms with van der Waals surface area (Å²) in [6, 6.07) is 14.7. The Morgan fingerprint density at radius 2 is 1.70 bits per heavy atom. The third kappa shape index (κ3) is 5.61. The Morgan fingerprint density at radius 3 is 2.43 bits per heavy atom. The fourth-order valence-corrected chi connectivity index (χ4v) is 4.99. The molecule has 0 atom stereocenters. The van der Waals surface area contributed by atoms with Crippen LogP contribution in [-0.2, 0) is 14.8 Å². The molecular weight excluding hydrogens is 400 g/mol. The number of ether oxygens (including phenoxy) is 1. The maximum Gasteiger partial charge on any atom is 0.243 e. The van der Waals surface area contributed by atoms with E-state index in [0.717, 1.165) is 16.9 Å². The molecule has 3 rings (SSSR count). The molecule has 1 fully saturated rings. The number of rotatable bonds is 7. The molecule has 1 saturated heterocycles. The van der Waals surface area contributed by atoms with Crippen molar-refractivity contribution in [2.45, 2.75) is 38.0 Å². The number of carbonyl (C=O) groups is 1. The number of amides is 1. The van der Waals surface area contributed by atoms with E-state index in [4.69, 9.17) is 4.74 Å². The van der Waals surface area contributed by atoms with Crippen LogP contribution in [0.25, 0.3) is 0 Å². The summed E-state index contributed by atoms with van der Waals surface area (Å²) in [5.74, 6) is 0.898. The van der Waals surface area contributed by atoms with Crippen LogP contribution in [0.2, 0.25) is 0 Å². The molecule has 1 aliphatic heterocycles. The van der Waals surface area contributed by atoms with Gasteiger partial charge in [0.2, 0.25) is 15.9 Å². The van der Waals surface area contributed by atoms with Crippen LogP contribution in [0.15, 0.2) is 53.4 Å². The van der Waals surface area contributed by atoms with Crippen LogP contribution < -0.4 is 4.74 Å². The number of hydrogen-bond donors (Lipinski definition) is 0. The molecule has 162 valence electrons. The van der Waals surface area contributed by atoms with Crippen molar-refractivity contribution >= 4 is 15.9 Å². The van der Waals surface area contributed by atoms with Gasteiger partial charge in [-0.15, -0.1) is 0 Å². The molecule has 0 bridgehead atoms. The summed E-state index contributed by atoms with van der Waals surface area (Å²) < 4.78 is 33.1. The van der Waals surface area contributed by atoms with Gasteiger partial charge in [-0.1, -0.05) is 35.9 Å². The number of aryl methyl sites for hydroxylation is 2. The van der Waals surface area contributed by atoms with Crippen LogP contribution in [0.4, 0.5) is 0 Å². The third-order valence-electron chi connectivity index (χ3n) is 5.35. The predicted octanol–water partition coefficient (Wildman–Crippen LogP) is 3.39. The monoisotopic (exact) mass is 430 g/mol. The maximum absolute atomic E-state index is 12.9. The second-order valence-corrected chi connectivity index (χ2v) is 9.61. The lowest BCUT2D eigenvalue weighted by atomic mass is 10.2. The average Bonchev–Trinajstić information content (AvgIpc) is 2.99. The molecule has 2 aromatic carbocycles. The van der Waals surface area contributed by atoms with E-state index in [9.17, 15) is 13.2 Å². The quantitative estimate of drug-likeness (QED) is 0.632. The Kier molecular flexibility index (Phi) is 7.50. The zero-order valence-corrected chi connectivity index (χ0v) is 18.5. The molecule has 1 amide bonds. The van der Waals surface area contributed by atoms with Gasteiger partial charge in [-0.3, -0.25) is 4.79 Å². The smallest absolute Gasteiger partial charge is 0.243 e. The molecule has 6 nitrogen and oxygen atoms in total. The highest BCUT2D eigenvalue weighted by Gasteiger charge is 2.28. The largest absolute Gasteiger partial charge is 0.493 e. The molecule has 1 aliphatic rings. The number of nitrogens with zero attached hydrogens (tertiary/aromatic N) is 2. The van der Waals surface area contributed by atoms with E-state index in [2.05, 4.69) is 0 Å². The summed E-state index contributed by atoms with van der Waals surface area (Å²) >= 11 is 0. The molecule has 0 aromatic heterocycles. The number of hydrogen-bond acceptors (Lipinski definition) is 4. The molecule has 0 spiro atoms. The molecule has 0 radical (unpaired) electrons. The van der Waals surface area contributed by atoms with Crippen LogP contribution in [0.5, 0.6) is 5.75 Å². The van der Waals surface area contributed by atoms with Gasteiger partial charge in [-0.25, -0.2) is 8.42 Å². The lowest BCUT2D eigenvalue weighted by Gasteiger charge is -2.22. The molecule has 1 heterocycles. The molecular formula is C23H30N2O4S. The van der Waals surface area contributed by atoms with Crippen LogP contribution >= 0.6 is 0 Å². The summed E-state index contributed by atoms with van der Waals surface area (Å²) in [5, 5.41) is 0. The third-order valence-corrected chi connectivity index (χ3v) is 7.27. The van der Waals surface area contributed by atoms with Gasteiger partial charge in [0.25, 0.3) is 0 Å². The summed E-state index contributed by atoms with van der Waals surface area (Å²) in [7, 11) is -3.53. The fraction of sp³-hybridized carbons (Fsp3) is 0.435. The van der Waals surface area contributed by atoms with Gasteiger partial charge in [0, 0.05) is 32.6 Å². The molecule has 0 saturated carbocycles. The Labute approximate surface area is 179 Å². The Bertz CT molecular complexity index is 957. The van der Waals surface area contributed by atoms with Crippen molar-refractivity contribution in [1.82, 2.24) is 9.21 Å². The minimum absolute atomic E-state index is 0.0537. The van der Waals surface area contributed by atoms with Crippen molar-refractivity contribution in [3.8, 4) is 5.75 Å². The lowest BCUT2D eigenvalue weighted by Crippen LogP contribution is -2.37. The van der Waals surface area contributed by atoms with Crippen molar-refractivity contribution in [3.05, 3.63) is 59.7 Å². The number of benzene rings is 2. The topological polar surface area (TPSA) is 66.9 Å². The molecule has 0 unspecified atom stereocenters. The normalized spacial score (nSPS) is 15.6. The first-order valence-corrected chi connectivity index (χ1v) is 11.8. The standard InChI is InChI=1S/C23H30N2O4S/c1-19-10-12-21(13-11-19)30(27,28)25-15-6-14-24(16-17-25)23(26)9-5-18-29-22-8-4-3-7-20(22)2/h3-4,7-8,10-13H,5-6,9,14-18H2,1-2H3. The van der Waals surface area contributed by atoms with Crippen LogP contribution in [-0.4, -0.2) is 56.3 Å². The van der Waals surface area contributed by atoms with Crippen molar-refractivity contribution < 1.29 is 17.9 Å². The van der Waals surface area contributed by atoms with Crippen LogP contribution in [0, 0.1) is 13.8 Å². The van der Waals surface area contributed by atoms with E-state index < -0.39 is 10.0 Å². The highest BCUT2D eigenvalue weighted by molar-refractivity contribution is 7.89. The van der Waals surface area contributed by atoms with Gasteiger partial charge in [0.1, 0.15) is 5.75 Å². The zero-order valence-electron chi connectivity index (χ0n) is 17.7. The van der Waals surface area contributed by atoms with Gasteiger partial charge >= 0.3 is 0 Å². The molecule has 0 N–H and O–H groups in total. The highest BCUT2D eigenvalue weighted by Crippen LogP contribution is 2.19. The molecule has 7 heteroatoms. The molecule has 30 heavy (non-hydrogen) atoms. The van der Waals surface area contributed by atoms with Crippen LogP contribution in [0.1, 0.15) is 30.4 Å². The van der Waals surface area contributed by atoms with E-state index in [0.29, 0.717) is 56.9 Å². The van der Waals surface area contributed by atoms with Gasteiger partial charge in [-0.2, -0.15) is 4.31 Å². The fourth-order valence-electron chi connectivity index (χ4n) is 3.52. The van der Waals surface area contributed by atoms with E-state index in [-0.39, 0.29) is 5.91 Å². The molecule has 0 aliphatic carbocycles. The number of para-hydroxylation sites is 1. The van der Waals surface area contributed by atoms with E-state index in [1.54, 1.807) is 29.2 Å². The summed E-state index contributed by atoms with van der Waals surface area (Å²) in [6.07, 6.45) is 1.67. The zero-order chi connectivity index (χ0) is 21.6. The minimum Gasteiger partial charge on any atom is -0.493 e. The van der Waals surface area contributed by atoms with E-state index >= 15 is 0 Å². The number of sulfonamides is 1. The van der Waals surface area contributed by atoms with Gasteiger partial charge in [0.15, 0.2) is 0 Å². The first-order valence-electron chi connectivity index (χ1n) is 10.4. The first kappa shape index (κ1) is 22.3. The Morgan fingerprint density at radius 1 is 0.967 bits per heavy atom. The van der Waals surface area contributed by atoms with Gasteiger partial charge in [-0.05, 0) is 50.5 Å². The maximum atomic E-state index is 12.9. The first-order chi connectivity index (χ1) is 14.4. The Balaban J connectivity index is 1.49. The number of carbonyl (C=O) groups excluding carboxylic acids is 1. The van der Waals surface area contributed by atoms with Crippen molar-refractivity contribution in [2.75, 3.05) is 32.8 Å². The average molecular weight is 431 g/mol. The SMILES string of the molecule is Cc1ccc(S(=O)(=O)N2CCCN(C(=O)CCCOc3ccccc3C)CC2)cc1. The van der Waals surface area contributed by atoms with Gasteiger partial charge < -0.3 is 9.64 Å². The highest BCUT2D eigenvalue weighted by atomic mass is 32.2. The summed E-state index contributed by atoms with van der Waals surface area (Å²) in [6.45, 7) is 6.16. The van der Waals surface area contributed by atoms with Crippen molar-refractivity contribution in [2.24, 2.45) is 0 Å². The lowest BCUT2D eigenvalue weighted by molar-refractivity contribution is -0.131. The summed E-state index contributed by atoms with van der Waals surface area (Å²) in [4.78, 5) is 14.7. The van der Waals surface area contributed by atoms with Gasteiger partial charge in [0.05, 0.1) is 11.5 Å². The second kappa shape index (κ2) is 10.1. The summed E-state index contributed by atoms with van der Waals surface area (Å²) in [5.41, 5.74) is 2.10. The molecule has 2 aromatic rings. The minimum atomic E-state index is -3.53. The Hall–Kier alpha value is -2.38. The van der Waals surface area contributed by atoms with Crippen molar-refractivity contribution in [1.29, 1.82) is 0 Å². The van der Waals surface area contributed by atoms with Crippen LogP contribution in [0.3, 0.4) is 0 Å². The van der Waals surface area contributed by atoms with Crippen molar-refractivity contribution in [3.63, 3.8) is 0 Å². The second-order valence-electron chi connectivity index (χ2n) is 7.67. The predicted molar refractivity (Wildman–Crippen MR) is 117 cm³/mol. The van der Waals surface area contributed by atoms with E-state index in [1.807, 2.05) is 38.1 Å².